The van der Waals surface area contributed by atoms with Gasteiger partial charge in [-0.2, -0.15) is 0 Å². The van der Waals surface area contributed by atoms with E-state index in [2.05, 4.69) is 10.6 Å². The van der Waals surface area contributed by atoms with Crippen LogP contribution in [-0.2, 0) is 16.0 Å². The van der Waals surface area contributed by atoms with Gasteiger partial charge in [-0.3, -0.25) is 9.59 Å². The van der Waals surface area contributed by atoms with Crippen LogP contribution in [0.15, 0.2) is 42.5 Å². The molecule has 2 amide bonds. The van der Waals surface area contributed by atoms with Crippen molar-refractivity contribution in [3.8, 4) is 0 Å². The fourth-order valence-electron chi connectivity index (χ4n) is 1.95. The Morgan fingerprint density at radius 1 is 0.955 bits per heavy atom. The largest absolute Gasteiger partial charge is 0.325 e. The Bertz CT molecular complexity index is 717. The highest BCUT2D eigenvalue weighted by molar-refractivity contribution is 5.99. The number of nitrogens with one attached hydrogen (secondary N) is 2. The van der Waals surface area contributed by atoms with Crippen LogP contribution in [0.1, 0.15) is 12.5 Å². The maximum Gasteiger partial charge on any atom is 0.228 e. The highest BCUT2D eigenvalue weighted by Gasteiger charge is 2.10. The summed E-state index contributed by atoms with van der Waals surface area (Å²) in [6.07, 6.45) is -0.0617. The molecule has 2 aromatic rings. The Hall–Kier alpha value is -2.76. The van der Waals surface area contributed by atoms with Gasteiger partial charge in [-0.25, -0.2) is 8.78 Å². The maximum absolute atomic E-state index is 13.3. The van der Waals surface area contributed by atoms with Gasteiger partial charge in [0.2, 0.25) is 11.8 Å². The van der Waals surface area contributed by atoms with Crippen LogP contribution >= 0.6 is 0 Å². The van der Waals surface area contributed by atoms with Crippen LogP contribution in [0.5, 0.6) is 0 Å². The second-order valence-corrected chi connectivity index (χ2v) is 4.73. The third-order valence-electron chi connectivity index (χ3n) is 2.82. The van der Waals surface area contributed by atoms with E-state index in [9.17, 15) is 18.4 Å². The van der Waals surface area contributed by atoms with Gasteiger partial charge in [-0.05, 0) is 35.9 Å². The first-order valence-electron chi connectivity index (χ1n) is 6.55. The lowest BCUT2D eigenvalue weighted by molar-refractivity contribution is -0.116. The van der Waals surface area contributed by atoms with E-state index in [1.165, 1.54) is 37.3 Å². The first kappa shape index (κ1) is 15.6. The summed E-state index contributed by atoms with van der Waals surface area (Å²) in [6, 6.07) is 9.28. The van der Waals surface area contributed by atoms with Gasteiger partial charge in [0, 0.05) is 6.92 Å². The van der Waals surface area contributed by atoms with Crippen molar-refractivity contribution in [2.24, 2.45) is 0 Å². The molecule has 0 spiro atoms. The molecule has 0 bridgehead atoms. The number of anilines is 2. The van der Waals surface area contributed by atoms with Gasteiger partial charge < -0.3 is 10.6 Å². The fourth-order valence-corrected chi connectivity index (χ4v) is 1.95. The molecule has 2 aromatic carbocycles. The van der Waals surface area contributed by atoms with Gasteiger partial charge in [0.25, 0.3) is 0 Å². The number of carbonyl (C=O) groups is 2. The Morgan fingerprint density at radius 2 is 1.68 bits per heavy atom. The first-order chi connectivity index (χ1) is 10.4. The molecule has 0 radical (unpaired) electrons. The number of hydrogen-bond acceptors (Lipinski definition) is 2. The van der Waals surface area contributed by atoms with Crippen LogP contribution in [-0.4, -0.2) is 11.8 Å². The van der Waals surface area contributed by atoms with Crippen LogP contribution < -0.4 is 10.6 Å². The SMILES string of the molecule is CC(=O)Nc1ccc(F)cc1NC(=O)Cc1cccc(F)c1. The van der Waals surface area contributed by atoms with Crippen molar-refractivity contribution in [2.75, 3.05) is 10.6 Å². The second kappa shape index (κ2) is 6.80. The second-order valence-electron chi connectivity index (χ2n) is 4.73. The number of hydrogen-bond donors (Lipinski definition) is 2. The summed E-state index contributed by atoms with van der Waals surface area (Å²) in [5, 5.41) is 5.01. The smallest absolute Gasteiger partial charge is 0.228 e. The minimum Gasteiger partial charge on any atom is -0.325 e. The zero-order chi connectivity index (χ0) is 16.1. The van der Waals surface area contributed by atoms with Gasteiger partial charge >= 0.3 is 0 Å². The fraction of sp³-hybridized carbons (Fsp3) is 0.125. The third kappa shape index (κ3) is 4.37. The number of amides is 2. The predicted octanol–water partition coefficient (Wildman–Crippen LogP) is 3.10. The molecule has 114 valence electrons. The van der Waals surface area contributed by atoms with E-state index < -0.39 is 17.5 Å². The predicted molar refractivity (Wildman–Crippen MR) is 79.4 cm³/mol. The standard InChI is InChI=1S/C16H14F2N2O2/c1-10(21)19-14-6-5-13(18)9-15(14)20-16(22)8-11-3-2-4-12(17)7-11/h2-7,9H,8H2,1H3,(H,19,21)(H,20,22). The average molecular weight is 304 g/mol. The van der Waals surface area contributed by atoms with E-state index in [-0.39, 0.29) is 18.0 Å². The van der Waals surface area contributed by atoms with E-state index in [0.717, 1.165) is 6.07 Å². The van der Waals surface area contributed by atoms with Crippen molar-refractivity contribution in [3.63, 3.8) is 0 Å². The summed E-state index contributed by atoms with van der Waals surface area (Å²) in [6.45, 7) is 1.31. The van der Waals surface area contributed by atoms with Gasteiger partial charge in [0.15, 0.2) is 0 Å². The number of benzene rings is 2. The van der Waals surface area contributed by atoms with Crippen molar-refractivity contribution < 1.29 is 18.4 Å². The van der Waals surface area contributed by atoms with Crippen LogP contribution in [0.2, 0.25) is 0 Å². The normalized spacial score (nSPS) is 10.1. The molecule has 6 heteroatoms. The summed E-state index contributed by atoms with van der Waals surface area (Å²) in [7, 11) is 0. The van der Waals surface area contributed by atoms with Crippen LogP contribution in [0.25, 0.3) is 0 Å². The molecule has 2 rings (SSSR count). The quantitative estimate of drug-likeness (QED) is 0.912. The zero-order valence-electron chi connectivity index (χ0n) is 11.8. The molecule has 0 aliphatic carbocycles. The van der Waals surface area contributed by atoms with E-state index >= 15 is 0 Å². The molecule has 0 atom stereocenters. The van der Waals surface area contributed by atoms with E-state index in [1.807, 2.05) is 0 Å². The molecule has 0 aliphatic rings. The molecule has 2 N–H and O–H groups in total. The summed E-state index contributed by atoms with van der Waals surface area (Å²) >= 11 is 0. The number of rotatable bonds is 4. The summed E-state index contributed by atoms with van der Waals surface area (Å²) in [5.74, 6) is -1.76. The molecule has 0 saturated carbocycles. The van der Waals surface area contributed by atoms with Crippen LogP contribution in [0, 0.1) is 11.6 Å². The van der Waals surface area contributed by atoms with Crippen molar-refractivity contribution in [1.29, 1.82) is 0 Å². The molecular weight excluding hydrogens is 290 g/mol. The van der Waals surface area contributed by atoms with Gasteiger partial charge in [0.1, 0.15) is 11.6 Å². The number of halogens is 2. The molecule has 0 heterocycles. The highest BCUT2D eigenvalue weighted by Crippen LogP contribution is 2.23. The monoisotopic (exact) mass is 304 g/mol. The Labute approximate surface area is 126 Å². The molecule has 0 saturated heterocycles. The van der Waals surface area contributed by atoms with Gasteiger partial charge in [-0.15, -0.1) is 0 Å². The van der Waals surface area contributed by atoms with Crippen LogP contribution in [0.3, 0.4) is 0 Å². The summed E-state index contributed by atoms with van der Waals surface area (Å²) < 4.78 is 26.4. The molecule has 0 unspecified atom stereocenters. The van der Waals surface area contributed by atoms with E-state index in [0.29, 0.717) is 11.3 Å². The minimum atomic E-state index is -0.546. The molecule has 0 aliphatic heterocycles. The molecule has 22 heavy (non-hydrogen) atoms. The van der Waals surface area contributed by atoms with Crippen molar-refractivity contribution >= 4 is 23.2 Å². The van der Waals surface area contributed by atoms with Crippen molar-refractivity contribution in [2.45, 2.75) is 13.3 Å². The molecule has 4 nitrogen and oxygen atoms in total. The molecule has 0 aromatic heterocycles. The molecular formula is C16H14F2N2O2. The first-order valence-corrected chi connectivity index (χ1v) is 6.55. The number of carbonyl (C=O) groups excluding carboxylic acids is 2. The average Bonchev–Trinajstić information content (AvgIpc) is 2.41. The van der Waals surface area contributed by atoms with Gasteiger partial charge in [-0.1, -0.05) is 12.1 Å². The Balaban J connectivity index is 2.13. The Morgan fingerprint density at radius 3 is 2.36 bits per heavy atom. The lowest BCUT2D eigenvalue weighted by atomic mass is 10.1. The topological polar surface area (TPSA) is 58.2 Å². The lowest BCUT2D eigenvalue weighted by Gasteiger charge is -2.11. The van der Waals surface area contributed by atoms with Crippen molar-refractivity contribution in [3.05, 3.63) is 59.7 Å². The summed E-state index contributed by atoms with van der Waals surface area (Å²) in [4.78, 5) is 23.1. The van der Waals surface area contributed by atoms with E-state index in [4.69, 9.17) is 0 Å². The minimum absolute atomic E-state index is 0.0617. The molecule has 0 fully saturated rings. The zero-order valence-corrected chi connectivity index (χ0v) is 11.8. The summed E-state index contributed by atoms with van der Waals surface area (Å²) in [5.41, 5.74) is 0.938. The van der Waals surface area contributed by atoms with Gasteiger partial charge in [0.05, 0.1) is 17.8 Å². The Kier molecular flexibility index (Phi) is 4.83. The maximum atomic E-state index is 13.3. The van der Waals surface area contributed by atoms with Crippen LogP contribution in [0.4, 0.5) is 20.2 Å². The highest BCUT2D eigenvalue weighted by atomic mass is 19.1. The third-order valence-corrected chi connectivity index (χ3v) is 2.82. The van der Waals surface area contributed by atoms with E-state index in [1.54, 1.807) is 6.07 Å². The van der Waals surface area contributed by atoms with Crippen molar-refractivity contribution in [1.82, 2.24) is 0 Å². The lowest BCUT2D eigenvalue weighted by Crippen LogP contribution is -2.17.